The maximum absolute atomic E-state index is 8.88. The Morgan fingerprint density at radius 2 is 1.95 bits per heavy atom. The van der Waals surface area contributed by atoms with Crippen LogP contribution in [0.3, 0.4) is 0 Å². The van der Waals surface area contributed by atoms with Gasteiger partial charge in [0.05, 0.1) is 10.6 Å². The molecule has 0 bridgehead atoms. The van der Waals surface area contributed by atoms with Crippen LogP contribution in [0.25, 0.3) is 0 Å². The Hall–Kier alpha value is -1.30. The molecule has 3 heteroatoms. The highest BCUT2D eigenvalue weighted by Crippen LogP contribution is 2.48. The van der Waals surface area contributed by atoms with E-state index in [2.05, 4.69) is 12.1 Å². The summed E-state index contributed by atoms with van der Waals surface area (Å²) in [4.78, 5) is 0. The van der Waals surface area contributed by atoms with E-state index in [1.165, 1.54) is 18.4 Å². The largest absolute Gasteiger partial charge is 0.328 e. The summed E-state index contributed by atoms with van der Waals surface area (Å²) in [5.41, 5.74) is 9.26. The minimum Gasteiger partial charge on any atom is -0.328 e. The first-order valence-corrected chi connectivity index (χ1v) is 7.23. The topological polar surface area (TPSA) is 49.8 Å². The molecule has 98 valence electrons. The van der Waals surface area contributed by atoms with Crippen molar-refractivity contribution in [1.82, 2.24) is 0 Å². The fourth-order valence-electron chi connectivity index (χ4n) is 3.09. The van der Waals surface area contributed by atoms with E-state index in [1.54, 1.807) is 5.57 Å². The molecule has 1 saturated carbocycles. The van der Waals surface area contributed by atoms with Gasteiger partial charge in [-0.3, -0.25) is 0 Å². The van der Waals surface area contributed by atoms with Gasteiger partial charge in [0, 0.05) is 12.0 Å². The first-order valence-electron chi connectivity index (χ1n) is 6.85. The zero-order valence-corrected chi connectivity index (χ0v) is 11.5. The lowest BCUT2D eigenvalue weighted by Crippen LogP contribution is -2.26. The van der Waals surface area contributed by atoms with Crippen LogP contribution in [0.2, 0.25) is 5.02 Å². The number of hydrogen-bond donors (Lipinski definition) is 1. The third-order valence-electron chi connectivity index (χ3n) is 4.33. The minimum atomic E-state index is 0.401. The smallest absolute Gasteiger partial charge is 0.101 e. The van der Waals surface area contributed by atoms with Crippen LogP contribution in [-0.4, -0.2) is 6.04 Å². The van der Waals surface area contributed by atoms with Gasteiger partial charge in [0.2, 0.25) is 0 Å². The first-order chi connectivity index (χ1) is 9.19. The van der Waals surface area contributed by atoms with E-state index in [1.807, 2.05) is 18.2 Å². The highest BCUT2D eigenvalue weighted by atomic mass is 35.5. The van der Waals surface area contributed by atoms with Crippen LogP contribution < -0.4 is 5.73 Å². The summed E-state index contributed by atoms with van der Waals surface area (Å²) >= 11 is 6.09. The zero-order valence-electron chi connectivity index (χ0n) is 10.8. The number of benzene rings is 1. The Morgan fingerprint density at radius 1 is 1.21 bits per heavy atom. The van der Waals surface area contributed by atoms with E-state index in [0.29, 0.717) is 28.5 Å². The summed E-state index contributed by atoms with van der Waals surface area (Å²) in [6.07, 6.45) is 7.05. The molecule has 0 spiro atoms. The number of hydrogen-bond acceptors (Lipinski definition) is 2. The Bertz CT molecular complexity index is 563. The number of nitriles is 1. The van der Waals surface area contributed by atoms with Crippen molar-refractivity contribution in [3.8, 4) is 6.07 Å². The lowest BCUT2D eigenvalue weighted by atomic mass is 9.83. The van der Waals surface area contributed by atoms with Gasteiger partial charge in [0.1, 0.15) is 6.07 Å². The molecule has 0 radical (unpaired) electrons. The summed E-state index contributed by atoms with van der Waals surface area (Å²) in [5, 5.41) is 9.45. The van der Waals surface area contributed by atoms with Crippen LogP contribution in [0.5, 0.6) is 0 Å². The molecule has 0 aliphatic heterocycles. The lowest BCUT2D eigenvalue weighted by molar-refractivity contribution is 0.365. The average Bonchev–Trinajstić information content (AvgIpc) is 3.20. The maximum atomic E-state index is 8.88. The molecule has 0 aromatic heterocycles. The second kappa shape index (κ2) is 5.00. The van der Waals surface area contributed by atoms with Crippen molar-refractivity contribution in [2.24, 2.45) is 11.7 Å². The van der Waals surface area contributed by atoms with Crippen molar-refractivity contribution in [2.75, 3.05) is 0 Å². The lowest BCUT2D eigenvalue weighted by Gasteiger charge is -2.25. The number of allylic oxidation sites excluding steroid dienone is 2. The molecule has 1 aromatic carbocycles. The maximum Gasteiger partial charge on any atom is 0.101 e. The van der Waals surface area contributed by atoms with E-state index in [9.17, 15) is 0 Å². The molecule has 2 aliphatic rings. The molecule has 2 N–H and O–H groups in total. The van der Waals surface area contributed by atoms with Gasteiger partial charge in [-0.2, -0.15) is 5.26 Å². The highest BCUT2D eigenvalue weighted by Gasteiger charge is 2.34. The van der Waals surface area contributed by atoms with Crippen LogP contribution >= 0.6 is 11.6 Å². The van der Waals surface area contributed by atoms with Crippen molar-refractivity contribution in [1.29, 1.82) is 5.26 Å². The number of halogens is 1. The molecule has 0 heterocycles. The summed E-state index contributed by atoms with van der Waals surface area (Å²) in [7, 11) is 0. The summed E-state index contributed by atoms with van der Waals surface area (Å²) in [5.74, 6) is 1.16. The molecular formula is C16H17ClN2. The van der Waals surface area contributed by atoms with Crippen molar-refractivity contribution < 1.29 is 0 Å². The average molecular weight is 273 g/mol. The third-order valence-corrected chi connectivity index (χ3v) is 4.64. The predicted molar refractivity (Wildman–Crippen MR) is 76.9 cm³/mol. The van der Waals surface area contributed by atoms with Gasteiger partial charge in [0.15, 0.2) is 0 Å². The Balaban J connectivity index is 1.67. The number of rotatable bonds is 2. The molecule has 1 aromatic rings. The van der Waals surface area contributed by atoms with E-state index in [0.717, 1.165) is 12.8 Å². The second-order valence-corrected chi connectivity index (χ2v) is 6.01. The van der Waals surface area contributed by atoms with E-state index < -0.39 is 0 Å². The fourth-order valence-corrected chi connectivity index (χ4v) is 3.32. The van der Waals surface area contributed by atoms with Gasteiger partial charge in [0.25, 0.3) is 0 Å². The fraction of sp³-hybridized carbons (Fsp3) is 0.438. The number of nitrogens with zero attached hydrogens (tertiary/aromatic N) is 1. The van der Waals surface area contributed by atoms with E-state index >= 15 is 0 Å². The summed E-state index contributed by atoms with van der Waals surface area (Å²) < 4.78 is 0. The number of nitrogens with two attached hydrogens (primary N) is 1. The molecule has 0 saturated heterocycles. The quantitative estimate of drug-likeness (QED) is 0.834. The SMILES string of the molecule is N#Cc1ccc(C2C=C2C2CCC(N)CC2)cc1Cl. The molecule has 2 nitrogen and oxygen atoms in total. The van der Waals surface area contributed by atoms with E-state index in [-0.39, 0.29) is 0 Å². The van der Waals surface area contributed by atoms with Gasteiger partial charge in [-0.25, -0.2) is 0 Å². The van der Waals surface area contributed by atoms with Crippen LogP contribution in [0.15, 0.2) is 29.8 Å². The van der Waals surface area contributed by atoms with Gasteiger partial charge in [-0.1, -0.05) is 29.3 Å². The summed E-state index contributed by atoms with van der Waals surface area (Å²) in [6, 6.07) is 8.27. The second-order valence-electron chi connectivity index (χ2n) is 5.61. The first kappa shape index (κ1) is 12.7. The highest BCUT2D eigenvalue weighted by molar-refractivity contribution is 6.31. The molecule has 19 heavy (non-hydrogen) atoms. The molecule has 1 unspecified atom stereocenters. The van der Waals surface area contributed by atoms with Crippen molar-refractivity contribution in [3.05, 3.63) is 46.0 Å². The molecule has 2 aliphatic carbocycles. The Kier molecular flexibility index (Phi) is 3.35. The molecule has 3 rings (SSSR count). The molecule has 0 amide bonds. The van der Waals surface area contributed by atoms with Crippen molar-refractivity contribution in [3.63, 3.8) is 0 Å². The van der Waals surface area contributed by atoms with Gasteiger partial charge in [-0.05, 0) is 49.3 Å². The van der Waals surface area contributed by atoms with Gasteiger partial charge < -0.3 is 5.73 Å². The Labute approximate surface area is 118 Å². The normalized spacial score (nSPS) is 29.5. The van der Waals surface area contributed by atoms with Crippen LogP contribution in [0.4, 0.5) is 0 Å². The standard InChI is InChI=1S/C16H17ClN2/c17-16-7-11(1-2-12(16)9-18)15-8-14(15)10-3-5-13(19)6-4-10/h1-2,7-8,10,13,15H,3-6,19H2. The predicted octanol–water partition coefficient (Wildman–Crippen LogP) is 3.75. The monoisotopic (exact) mass is 272 g/mol. The Morgan fingerprint density at radius 3 is 2.58 bits per heavy atom. The van der Waals surface area contributed by atoms with Crippen LogP contribution in [-0.2, 0) is 0 Å². The van der Waals surface area contributed by atoms with Gasteiger partial charge >= 0.3 is 0 Å². The summed E-state index contributed by atoms with van der Waals surface area (Å²) in [6.45, 7) is 0. The van der Waals surface area contributed by atoms with Crippen LogP contribution in [0.1, 0.15) is 42.7 Å². The molecule has 1 fully saturated rings. The molecule has 1 atom stereocenters. The van der Waals surface area contributed by atoms with Gasteiger partial charge in [-0.15, -0.1) is 0 Å². The third kappa shape index (κ3) is 2.54. The van der Waals surface area contributed by atoms with Crippen LogP contribution in [0, 0.1) is 17.2 Å². The van der Waals surface area contributed by atoms with Crippen molar-refractivity contribution >= 4 is 11.6 Å². The van der Waals surface area contributed by atoms with Crippen molar-refractivity contribution in [2.45, 2.75) is 37.6 Å². The minimum absolute atomic E-state index is 0.401. The zero-order chi connectivity index (χ0) is 13.4. The molecular weight excluding hydrogens is 256 g/mol. The van der Waals surface area contributed by atoms with E-state index in [4.69, 9.17) is 22.6 Å².